The van der Waals surface area contributed by atoms with Gasteiger partial charge in [0.2, 0.25) is 0 Å². The molecule has 2 aromatic heterocycles. The number of hydrogen-bond acceptors (Lipinski definition) is 3. The summed E-state index contributed by atoms with van der Waals surface area (Å²) in [5.41, 5.74) is 4.82. The third-order valence-corrected chi connectivity index (χ3v) is 4.56. The molecule has 4 rings (SSSR count). The average molecular weight is 359 g/mol. The van der Waals surface area contributed by atoms with Crippen molar-refractivity contribution in [3.8, 4) is 11.1 Å². The quantitative estimate of drug-likeness (QED) is 0.517. The molecule has 0 aliphatic heterocycles. The Bertz CT molecular complexity index is 1060. The molecule has 0 aliphatic carbocycles. The summed E-state index contributed by atoms with van der Waals surface area (Å²) >= 11 is 0. The summed E-state index contributed by atoms with van der Waals surface area (Å²) in [6.45, 7) is 3.00. The van der Waals surface area contributed by atoms with E-state index in [-0.39, 0.29) is 5.97 Å². The third kappa shape index (κ3) is 3.77. The molecule has 0 atom stereocenters. The van der Waals surface area contributed by atoms with Crippen LogP contribution >= 0.6 is 0 Å². The lowest BCUT2D eigenvalue weighted by Gasteiger charge is -2.02. The minimum Gasteiger partial charge on any atom is -0.461 e. The summed E-state index contributed by atoms with van der Waals surface area (Å²) in [7, 11) is 0. The Kier molecular flexibility index (Phi) is 4.75. The van der Waals surface area contributed by atoms with Gasteiger partial charge in [-0.05, 0) is 42.7 Å². The molecule has 136 valence electrons. The Morgan fingerprint density at radius 2 is 1.96 bits per heavy atom. The Balaban J connectivity index is 1.52. The van der Waals surface area contributed by atoms with E-state index in [1.54, 1.807) is 6.92 Å². The van der Waals surface area contributed by atoms with E-state index in [0.717, 1.165) is 35.0 Å². The molecule has 0 saturated carbocycles. The molecule has 27 heavy (non-hydrogen) atoms. The maximum atomic E-state index is 11.9. The van der Waals surface area contributed by atoms with Crippen molar-refractivity contribution < 1.29 is 9.53 Å². The third-order valence-electron chi connectivity index (χ3n) is 4.56. The van der Waals surface area contributed by atoms with Gasteiger partial charge in [-0.3, -0.25) is 4.68 Å². The predicted octanol–water partition coefficient (Wildman–Crippen LogP) is 4.45. The minimum atomic E-state index is -0.330. The van der Waals surface area contributed by atoms with Crippen molar-refractivity contribution in [3.63, 3.8) is 0 Å². The molecule has 0 radical (unpaired) electrons. The Morgan fingerprint density at radius 3 is 2.78 bits per heavy atom. The number of rotatable bonds is 6. The molecular formula is C22H21N3O2. The van der Waals surface area contributed by atoms with Crippen LogP contribution in [0, 0.1) is 0 Å². The van der Waals surface area contributed by atoms with Gasteiger partial charge >= 0.3 is 5.97 Å². The fraction of sp³-hybridized carbons (Fsp3) is 0.182. The molecule has 0 saturated heterocycles. The van der Waals surface area contributed by atoms with Crippen LogP contribution in [0.15, 0.2) is 67.0 Å². The zero-order valence-electron chi connectivity index (χ0n) is 15.2. The summed E-state index contributed by atoms with van der Waals surface area (Å²) in [4.78, 5) is 15.0. The number of nitrogens with zero attached hydrogens (tertiary/aromatic N) is 2. The molecule has 0 fully saturated rings. The first-order valence-electron chi connectivity index (χ1n) is 9.09. The molecule has 2 aromatic carbocycles. The average Bonchev–Trinajstić information content (AvgIpc) is 3.34. The molecule has 0 bridgehead atoms. The zero-order valence-corrected chi connectivity index (χ0v) is 15.2. The highest BCUT2D eigenvalue weighted by atomic mass is 16.5. The maximum absolute atomic E-state index is 11.9. The van der Waals surface area contributed by atoms with Gasteiger partial charge in [0.1, 0.15) is 5.69 Å². The number of benzene rings is 2. The lowest BCUT2D eigenvalue weighted by atomic mass is 10.1. The van der Waals surface area contributed by atoms with E-state index in [9.17, 15) is 4.79 Å². The second-order valence-corrected chi connectivity index (χ2v) is 6.43. The molecular weight excluding hydrogens is 338 g/mol. The second-order valence-electron chi connectivity index (χ2n) is 6.43. The summed E-state index contributed by atoms with van der Waals surface area (Å²) in [5.74, 6) is -0.330. The van der Waals surface area contributed by atoms with Crippen LogP contribution in [-0.2, 0) is 17.7 Å². The van der Waals surface area contributed by atoms with Gasteiger partial charge < -0.3 is 9.72 Å². The van der Waals surface area contributed by atoms with Gasteiger partial charge in [-0.25, -0.2) is 4.79 Å². The van der Waals surface area contributed by atoms with Gasteiger partial charge in [0, 0.05) is 29.2 Å². The monoisotopic (exact) mass is 359 g/mol. The van der Waals surface area contributed by atoms with Crippen molar-refractivity contribution in [2.24, 2.45) is 0 Å². The summed E-state index contributed by atoms with van der Waals surface area (Å²) < 4.78 is 7.02. The molecule has 2 heterocycles. The number of carbonyl (C=O) groups excluding carboxylic acids is 1. The largest absolute Gasteiger partial charge is 0.461 e. The van der Waals surface area contributed by atoms with Crippen LogP contribution in [0.5, 0.6) is 0 Å². The Morgan fingerprint density at radius 1 is 1.11 bits per heavy atom. The molecule has 4 aromatic rings. The van der Waals surface area contributed by atoms with Crippen LogP contribution in [0.2, 0.25) is 0 Å². The zero-order chi connectivity index (χ0) is 18.6. The van der Waals surface area contributed by atoms with Gasteiger partial charge in [0.15, 0.2) is 0 Å². The van der Waals surface area contributed by atoms with E-state index in [0.29, 0.717) is 12.3 Å². The number of fused-ring (bicyclic) bond motifs is 1. The van der Waals surface area contributed by atoms with E-state index in [1.807, 2.05) is 35.1 Å². The highest BCUT2D eigenvalue weighted by molar-refractivity contribution is 5.96. The minimum absolute atomic E-state index is 0.330. The van der Waals surface area contributed by atoms with Crippen LogP contribution in [0.1, 0.15) is 23.0 Å². The van der Waals surface area contributed by atoms with Crippen molar-refractivity contribution in [3.05, 3.63) is 78.2 Å². The van der Waals surface area contributed by atoms with Crippen molar-refractivity contribution >= 4 is 16.9 Å². The number of ether oxygens (including phenoxy) is 1. The number of hydrogen-bond donors (Lipinski definition) is 1. The van der Waals surface area contributed by atoms with E-state index in [1.165, 1.54) is 5.56 Å². The number of carbonyl (C=O) groups is 1. The van der Waals surface area contributed by atoms with Gasteiger partial charge in [0.25, 0.3) is 0 Å². The lowest BCUT2D eigenvalue weighted by Crippen LogP contribution is -2.04. The van der Waals surface area contributed by atoms with Crippen LogP contribution in [0.25, 0.3) is 22.0 Å². The highest BCUT2D eigenvalue weighted by Gasteiger charge is 2.11. The van der Waals surface area contributed by atoms with Crippen LogP contribution in [-0.4, -0.2) is 27.3 Å². The van der Waals surface area contributed by atoms with E-state index >= 15 is 0 Å². The molecule has 0 aliphatic rings. The lowest BCUT2D eigenvalue weighted by molar-refractivity contribution is 0.0520. The molecule has 5 heteroatoms. The van der Waals surface area contributed by atoms with Crippen molar-refractivity contribution in [2.45, 2.75) is 19.9 Å². The fourth-order valence-corrected chi connectivity index (χ4v) is 3.15. The highest BCUT2D eigenvalue weighted by Crippen LogP contribution is 2.25. The number of esters is 1. The Hall–Kier alpha value is -3.34. The molecule has 5 nitrogen and oxygen atoms in total. The Labute approximate surface area is 157 Å². The number of aromatic amines is 1. The van der Waals surface area contributed by atoms with E-state index in [2.05, 4.69) is 46.6 Å². The second kappa shape index (κ2) is 7.50. The predicted molar refractivity (Wildman–Crippen MR) is 106 cm³/mol. The first-order chi connectivity index (χ1) is 13.2. The van der Waals surface area contributed by atoms with Crippen molar-refractivity contribution in [1.29, 1.82) is 0 Å². The van der Waals surface area contributed by atoms with Crippen LogP contribution in [0.3, 0.4) is 0 Å². The van der Waals surface area contributed by atoms with E-state index < -0.39 is 0 Å². The number of H-pyrrole nitrogens is 1. The van der Waals surface area contributed by atoms with Gasteiger partial charge in [-0.2, -0.15) is 5.10 Å². The first kappa shape index (κ1) is 17.1. The molecule has 0 unspecified atom stereocenters. The summed E-state index contributed by atoms with van der Waals surface area (Å²) in [5, 5.41) is 5.46. The number of aryl methyl sites for hydroxylation is 2. The van der Waals surface area contributed by atoms with Crippen molar-refractivity contribution in [2.75, 3.05) is 6.61 Å². The standard InChI is InChI=1S/C22H21N3O2/c1-2-27-22(26)21-13-18-12-17(8-9-20(18)24-21)19-14-23-25(15-19)11-10-16-6-4-3-5-7-16/h3-9,12-15,24H,2,10-11H2,1H3. The molecule has 0 amide bonds. The van der Waals surface area contributed by atoms with Crippen molar-refractivity contribution in [1.82, 2.24) is 14.8 Å². The fourth-order valence-electron chi connectivity index (χ4n) is 3.15. The smallest absolute Gasteiger partial charge is 0.354 e. The van der Waals surface area contributed by atoms with Gasteiger partial charge in [0.05, 0.1) is 12.8 Å². The molecule has 1 N–H and O–H groups in total. The normalized spacial score (nSPS) is 11.0. The summed E-state index contributed by atoms with van der Waals surface area (Å²) in [6, 6.07) is 18.3. The first-order valence-corrected chi connectivity index (χ1v) is 9.09. The van der Waals surface area contributed by atoms with Gasteiger partial charge in [-0.15, -0.1) is 0 Å². The van der Waals surface area contributed by atoms with Crippen LogP contribution < -0.4 is 0 Å². The maximum Gasteiger partial charge on any atom is 0.354 e. The van der Waals surface area contributed by atoms with Crippen LogP contribution in [0.4, 0.5) is 0 Å². The number of nitrogens with one attached hydrogen (secondary N) is 1. The number of aromatic nitrogens is 3. The topological polar surface area (TPSA) is 59.9 Å². The van der Waals surface area contributed by atoms with Gasteiger partial charge in [-0.1, -0.05) is 36.4 Å². The van der Waals surface area contributed by atoms with E-state index in [4.69, 9.17) is 4.74 Å². The SMILES string of the molecule is CCOC(=O)c1cc2cc(-c3cnn(CCc4ccccc4)c3)ccc2[nH]1. The molecule has 0 spiro atoms. The summed E-state index contributed by atoms with van der Waals surface area (Å²) in [6.07, 6.45) is 4.88.